The van der Waals surface area contributed by atoms with E-state index in [0.717, 1.165) is 17.4 Å². The highest BCUT2D eigenvalue weighted by atomic mass is 32.2. The molecule has 2 N–H and O–H groups in total. The summed E-state index contributed by atoms with van der Waals surface area (Å²) in [5, 5.41) is 13.5. The number of nitrogens with zero attached hydrogens (tertiary/aromatic N) is 2. The number of thioether (sulfide) groups is 1. The molecule has 0 fully saturated rings. The van der Waals surface area contributed by atoms with Gasteiger partial charge in [0.15, 0.2) is 0 Å². The van der Waals surface area contributed by atoms with Crippen molar-refractivity contribution in [1.29, 1.82) is 0 Å². The molecule has 0 amide bonds. The Bertz CT molecular complexity index is 306. The first kappa shape index (κ1) is 12.3. The van der Waals surface area contributed by atoms with Crippen LogP contribution in [-0.2, 0) is 0 Å². The molecular weight excluding hydrogens is 210 g/mol. The number of rotatable bonds is 5. The zero-order valence-electron chi connectivity index (χ0n) is 9.27. The van der Waals surface area contributed by atoms with E-state index in [1.54, 1.807) is 18.7 Å². The minimum Gasteiger partial charge on any atom is -0.392 e. The third-order valence-corrected chi connectivity index (χ3v) is 3.22. The molecule has 0 aromatic carbocycles. The highest BCUT2D eigenvalue weighted by Gasteiger charge is 2.11. The van der Waals surface area contributed by atoms with Gasteiger partial charge in [-0.25, -0.2) is 9.97 Å². The fourth-order valence-corrected chi connectivity index (χ4v) is 1.84. The maximum Gasteiger partial charge on any atom is 0.130 e. The standard InChI is InChI=1S/C10H17N3OS/c1-4-11-9-5-10(13-6-12-9)15-8(3)7(2)14/h5-8,14H,4H2,1-3H3,(H,11,12,13). The van der Waals surface area contributed by atoms with Crippen LogP contribution < -0.4 is 5.32 Å². The van der Waals surface area contributed by atoms with Crippen LogP contribution in [0.25, 0.3) is 0 Å². The van der Waals surface area contributed by atoms with Gasteiger partial charge in [0, 0.05) is 17.9 Å². The van der Waals surface area contributed by atoms with Crippen LogP contribution in [0.4, 0.5) is 5.82 Å². The van der Waals surface area contributed by atoms with Gasteiger partial charge in [0.25, 0.3) is 0 Å². The smallest absolute Gasteiger partial charge is 0.130 e. The van der Waals surface area contributed by atoms with Crippen molar-refractivity contribution in [2.24, 2.45) is 0 Å². The SMILES string of the molecule is CCNc1cc(SC(C)C(C)O)ncn1. The number of nitrogens with one attached hydrogen (secondary N) is 1. The van der Waals surface area contributed by atoms with Gasteiger partial charge in [-0.15, -0.1) is 11.8 Å². The Morgan fingerprint density at radius 3 is 2.80 bits per heavy atom. The predicted molar refractivity (Wildman–Crippen MR) is 63.2 cm³/mol. The minimum absolute atomic E-state index is 0.134. The zero-order valence-corrected chi connectivity index (χ0v) is 10.1. The molecule has 1 aromatic heterocycles. The van der Waals surface area contributed by atoms with Crippen LogP contribution in [0.3, 0.4) is 0 Å². The quantitative estimate of drug-likeness (QED) is 0.593. The molecule has 2 unspecified atom stereocenters. The van der Waals surface area contributed by atoms with Crippen molar-refractivity contribution in [3.63, 3.8) is 0 Å². The number of aromatic nitrogens is 2. The minimum atomic E-state index is -0.340. The molecule has 0 spiro atoms. The van der Waals surface area contributed by atoms with Gasteiger partial charge in [0.1, 0.15) is 17.2 Å². The average molecular weight is 227 g/mol. The molecule has 84 valence electrons. The van der Waals surface area contributed by atoms with Crippen molar-refractivity contribution in [3.05, 3.63) is 12.4 Å². The van der Waals surface area contributed by atoms with Gasteiger partial charge in [0.2, 0.25) is 0 Å². The Morgan fingerprint density at radius 1 is 1.47 bits per heavy atom. The molecule has 0 radical (unpaired) electrons. The van der Waals surface area contributed by atoms with E-state index in [9.17, 15) is 5.11 Å². The van der Waals surface area contributed by atoms with Crippen molar-refractivity contribution >= 4 is 17.6 Å². The average Bonchev–Trinajstić information content (AvgIpc) is 2.18. The van der Waals surface area contributed by atoms with Crippen molar-refractivity contribution in [2.75, 3.05) is 11.9 Å². The summed E-state index contributed by atoms with van der Waals surface area (Å²) in [5.41, 5.74) is 0. The predicted octanol–water partition coefficient (Wildman–Crippen LogP) is 1.77. The van der Waals surface area contributed by atoms with Gasteiger partial charge in [-0.1, -0.05) is 6.92 Å². The van der Waals surface area contributed by atoms with Crippen LogP contribution in [0, 0.1) is 0 Å². The normalized spacial score (nSPS) is 14.7. The lowest BCUT2D eigenvalue weighted by molar-refractivity contribution is 0.196. The van der Waals surface area contributed by atoms with E-state index < -0.39 is 0 Å². The van der Waals surface area contributed by atoms with Crippen LogP contribution in [0.1, 0.15) is 20.8 Å². The van der Waals surface area contributed by atoms with Crippen LogP contribution in [0.2, 0.25) is 0 Å². The third-order valence-electron chi connectivity index (χ3n) is 1.99. The lowest BCUT2D eigenvalue weighted by Crippen LogP contribution is -2.15. The molecule has 2 atom stereocenters. The van der Waals surface area contributed by atoms with Crippen molar-refractivity contribution < 1.29 is 5.11 Å². The molecule has 0 bridgehead atoms. The summed E-state index contributed by atoms with van der Waals surface area (Å²) in [6, 6.07) is 1.90. The summed E-state index contributed by atoms with van der Waals surface area (Å²) < 4.78 is 0. The number of anilines is 1. The Labute approximate surface area is 94.5 Å². The number of aliphatic hydroxyl groups is 1. The first-order chi connectivity index (χ1) is 7.13. The highest BCUT2D eigenvalue weighted by molar-refractivity contribution is 7.99. The monoisotopic (exact) mass is 227 g/mol. The summed E-state index contributed by atoms with van der Waals surface area (Å²) in [6.45, 7) is 6.62. The topological polar surface area (TPSA) is 58.0 Å². The van der Waals surface area contributed by atoms with Gasteiger partial charge in [0.05, 0.1) is 6.10 Å². The van der Waals surface area contributed by atoms with E-state index >= 15 is 0 Å². The Balaban J connectivity index is 2.64. The van der Waals surface area contributed by atoms with Crippen LogP contribution in [-0.4, -0.2) is 33.0 Å². The summed E-state index contributed by atoms with van der Waals surface area (Å²) in [6.07, 6.45) is 1.20. The van der Waals surface area contributed by atoms with Crippen LogP contribution in [0.15, 0.2) is 17.4 Å². The van der Waals surface area contributed by atoms with Gasteiger partial charge in [-0.2, -0.15) is 0 Å². The maximum absolute atomic E-state index is 9.38. The van der Waals surface area contributed by atoms with Crippen LogP contribution >= 0.6 is 11.8 Å². The first-order valence-electron chi connectivity index (χ1n) is 5.04. The number of hydrogen-bond donors (Lipinski definition) is 2. The van der Waals surface area contributed by atoms with Gasteiger partial charge < -0.3 is 10.4 Å². The number of aliphatic hydroxyl groups excluding tert-OH is 1. The maximum atomic E-state index is 9.38. The van der Waals surface area contributed by atoms with E-state index in [4.69, 9.17) is 0 Å². The molecule has 1 aromatic rings. The second kappa shape index (κ2) is 5.92. The molecule has 0 saturated carbocycles. The summed E-state index contributed by atoms with van der Waals surface area (Å²) in [4.78, 5) is 8.23. The molecule has 0 aliphatic carbocycles. The van der Waals surface area contributed by atoms with E-state index in [0.29, 0.717) is 0 Å². The molecule has 5 heteroatoms. The zero-order chi connectivity index (χ0) is 11.3. The lowest BCUT2D eigenvalue weighted by atomic mass is 10.3. The Morgan fingerprint density at radius 2 is 2.20 bits per heavy atom. The van der Waals surface area contributed by atoms with E-state index in [1.807, 2.05) is 19.9 Å². The summed E-state index contributed by atoms with van der Waals surface area (Å²) in [7, 11) is 0. The van der Waals surface area contributed by atoms with E-state index in [2.05, 4.69) is 15.3 Å². The van der Waals surface area contributed by atoms with Crippen molar-refractivity contribution in [3.8, 4) is 0 Å². The molecule has 1 heterocycles. The van der Waals surface area contributed by atoms with Crippen molar-refractivity contribution in [2.45, 2.75) is 37.2 Å². The fraction of sp³-hybridized carbons (Fsp3) is 0.600. The number of hydrogen-bond acceptors (Lipinski definition) is 5. The van der Waals surface area contributed by atoms with E-state index in [-0.39, 0.29) is 11.4 Å². The Kier molecular flexibility index (Phi) is 4.84. The third kappa shape index (κ3) is 4.05. The molecular formula is C10H17N3OS. The molecule has 1 rings (SSSR count). The first-order valence-corrected chi connectivity index (χ1v) is 5.92. The fourth-order valence-electron chi connectivity index (χ4n) is 0.971. The largest absolute Gasteiger partial charge is 0.392 e. The molecule has 0 saturated heterocycles. The second-order valence-electron chi connectivity index (χ2n) is 3.34. The molecule has 4 nitrogen and oxygen atoms in total. The molecule has 0 aliphatic rings. The lowest BCUT2D eigenvalue weighted by Gasteiger charge is -2.13. The van der Waals surface area contributed by atoms with Gasteiger partial charge >= 0.3 is 0 Å². The van der Waals surface area contributed by atoms with E-state index in [1.165, 1.54) is 6.33 Å². The summed E-state index contributed by atoms with van der Waals surface area (Å²) in [5.74, 6) is 0.827. The van der Waals surface area contributed by atoms with Gasteiger partial charge in [-0.3, -0.25) is 0 Å². The van der Waals surface area contributed by atoms with Crippen molar-refractivity contribution in [1.82, 2.24) is 9.97 Å². The van der Waals surface area contributed by atoms with Crippen LogP contribution in [0.5, 0.6) is 0 Å². The van der Waals surface area contributed by atoms with Gasteiger partial charge in [-0.05, 0) is 13.8 Å². The molecule has 0 aliphatic heterocycles. The summed E-state index contributed by atoms with van der Waals surface area (Å²) >= 11 is 1.55. The molecule has 15 heavy (non-hydrogen) atoms. The second-order valence-corrected chi connectivity index (χ2v) is 4.73. The Hall–Kier alpha value is -0.810. The highest BCUT2D eigenvalue weighted by Crippen LogP contribution is 2.24.